The Morgan fingerprint density at radius 3 is 3.10 bits per heavy atom. The van der Waals surface area contributed by atoms with Gasteiger partial charge in [-0.05, 0) is 50.7 Å². The first-order valence-electron chi connectivity index (χ1n) is 7.67. The van der Waals surface area contributed by atoms with E-state index in [1.54, 1.807) is 11.3 Å². The molecule has 1 aliphatic heterocycles. The Kier molecular flexibility index (Phi) is 4.55. The number of hydrogen-bond acceptors (Lipinski definition) is 6. The van der Waals surface area contributed by atoms with Crippen LogP contribution < -0.4 is 10.6 Å². The van der Waals surface area contributed by atoms with Crippen LogP contribution in [0.4, 0.5) is 11.8 Å². The van der Waals surface area contributed by atoms with Crippen LogP contribution in [0, 0.1) is 5.92 Å². The van der Waals surface area contributed by atoms with Crippen LogP contribution in [0.3, 0.4) is 0 Å². The number of nitrogens with one attached hydrogen (secondary N) is 2. The fourth-order valence-electron chi connectivity index (χ4n) is 2.91. The van der Waals surface area contributed by atoms with Crippen molar-refractivity contribution in [3.63, 3.8) is 0 Å². The molecule has 6 heteroatoms. The second-order valence-corrected chi connectivity index (χ2v) is 6.61. The predicted molar refractivity (Wildman–Crippen MR) is 90.3 cm³/mol. The van der Waals surface area contributed by atoms with Crippen molar-refractivity contribution in [2.45, 2.75) is 19.8 Å². The maximum atomic E-state index is 4.63. The molecule has 1 fully saturated rings. The van der Waals surface area contributed by atoms with E-state index in [9.17, 15) is 0 Å². The fraction of sp³-hybridized carbons (Fsp3) is 0.600. The first-order chi connectivity index (χ1) is 10.3. The Morgan fingerprint density at radius 1 is 1.38 bits per heavy atom. The fourth-order valence-corrected chi connectivity index (χ4v) is 3.67. The minimum absolute atomic E-state index is 0.704. The summed E-state index contributed by atoms with van der Waals surface area (Å²) in [5, 5.41) is 9.97. The van der Waals surface area contributed by atoms with Crippen molar-refractivity contribution in [3.8, 4) is 0 Å². The Hall–Kier alpha value is -1.40. The minimum atomic E-state index is 0.704. The Bertz CT molecular complexity index is 597. The van der Waals surface area contributed by atoms with Crippen molar-refractivity contribution in [2.75, 3.05) is 43.9 Å². The standard InChI is InChI=1S/C15H23N5S/c1-3-16-15-18-13(12-6-8-21-14(12)19-15)17-9-11-5-4-7-20(2)10-11/h6,8,11H,3-5,7,9-10H2,1-2H3,(H2,16,17,18,19). The lowest BCUT2D eigenvalue weighted by atomic mass is 9.98. The van der Waals surface area contributed by atoms with Gasteiger partial charge in [0.25, 0.3) is 0 Å². The van der Waals surface area contributed by atoms with Gasteiger partial charge in [0, 0.05) is 19.6 Å². The van der Waals surface area contributed by atoms with E-state index in [4.69, 9.17) is 0 Å². The first kappa shape index (κ1) is 14.5. The van der Waals surface area contributed by atoms with Crippen molar-refractivity contribution in [1.29, 1.82) is 0 Å². The molecule has 1 unspecified atom stereocenters. The topological polar surface area (TPSA) is 53.1 Å². The molecule has 0 spiro atoms. The summed E-state index contributed by atoms with van der Waals surface area (Å²) in [6.45, 7) is 6.28. The second kappa shape index (κ2) is 6.58. The van der Waals surface area contributed by atoms with Gasteiger partial charge in [-0.25, -0.2) is 4.98 Å². The number of thiophene rings is 1. The van der Waals surface area contributed by atoms with Crippen LogP contribution in [0.1, 0.15) is 19.8 Å². The number of likely N-dealkylation sites (tertiary alicyclic amines) is 1. The van der Waals surface area contributed by atoms with Gasteiger partial charge in [-0.2, -0.15) is 4.98 Å². The predicted octanol–water partition coefficient (Wildman–Crippen LogP) is 2.88. The smallest absolute Gasteiger partial charge is 0.226 e. The quantitative estimate of drug-likeness (QED) is 0.889. The summed E-state index contributed by atoms with van der Waals surface area (Å²) in [7, 11) is 2.21. The molecule has 0 aromatic carbocycles. The summed E-state index contributed by atoms with van der Waals surface area (Å²) in [5.74, 6) is 2.39. The van der Waals surface area contributed by atoms with Gasteiger partial charge in [0.2, 0.25) is 5.95 Å². The number of aromatic nitrogens is 2. The molecule has 0 radical (unpaired) electrons. The molecule has 0 amide bonds. The minimum Gasteiger partial charge on any atom is -0.369 e. The van der Waals surface area contributed by atoms with E-state index >= 15 is 0 Å². The summed E-state index contributed by atoms with van der Waals surface area (Å²) in [5.41, 5.74) is 0. The normalized spacial score (nSPS) is 19.8. The zero-order valence-electron chi connectivity index (χ0n) is 12.7. The maximum Gasteiger partial charge on any atom is 0.226 e. The van der Waals surface area contributed by atoms with Crippen molar-refractivity contribution in [3.05, 3.63) is 11.4 Å². The Labute approximate surface area is 129 Å². The number of anilines is 2. The van der Waals surface area contributed by atoms with Crippen LogP contribution in [0.2, 0.25) is 0 Å². The lowest BCUT2D eigenvalue weighted by molar-refractivity contribution is 0.217. The second-order valence-electron chi connectivity index (χ2n) is 5.72. The summed E-state index contributed by atoms with van der Waals surface area (Å²) in [6.07, 6.45) is 2.60. The van der Waals surface area contributed by atoms with Crippen LogP contribution in [0.15, 0.2) is 11.4 Å². The average molecular weight is 305 g/mol. The highest BCUT2D eigenvalue weighted by molar-refractivity contribution is 7.16. The summed E-state index contributed by atoms with van der Waals surface area (Å²) < 4.78 is 0. The monoisotopic (exact) mass is 305 g/mol. The van der Waals surface area contributed by atoms with Crippen LogP contribution in [0.25, 0.3) is 10.2 Å². The molecule has 1 aliphatic rings. The summed E-state index contributed by atoms with van der Waals surface area (Å²) in [4.78, 5) is 12.6. The van der Waals surface area contributed by atoms with Gasteiger partial charge in [-0.15, -0.1) is 11.3 Å². The molecule has 3 heterocycles. The molecule has 2 aromatic heterocycles. The van der Waals surface area contributed by atoms with Gasteiger partial charge in [0.15, 0.2) is 0 Å². The molecule has 21 heavy (non-hydrogen) atoms. The third-order valence-corrected chi connectivity index (χ3v) is 4.75. The number of fused-ring (bicyclic) bond motifs is 1. The van der Waals surface area contributed by atoms with Gasteiger partial charge >= 0.3 is 0 Å². The zero-order valence-corrected chi connectivity index (χ0v) is 13.5. The molecule has 3 rings (SSSR count). The van der Waals surface area contributed by atoms with E-state index < -0.39 is 0 Å². The van der Waals surface area contributed by atoms with Gasteiger partial charge in [-0.3, -0.25) is 0 Å². The summed E-state index contributed by atoms with van der Waals surface area (Å²) >= 11 is 1.66. The molecule has 0 aliphatic carbocycles. The third-order valence-electron chi connectivity index (χ3n) is 3.94. The van der Waals surface area contributed by atoms with Crippen molar-refractivity contribution in [1.82, 2.24) is 14.9 Å². The van der Waals surface area contributed by atoms with Gasteiger partial charge in [0.1, 0.15) is 10.6 Å². The molecular weight excluding hydrogens is 282 g/mol. The van der Waals surface area contributed by atoms with Crippen molar-refractivity contribution in [2.24, 2.45) is 5.92 Å². The number of piperidine rings is 1. The SMILES string of the molecule is CCNc1nc(NCC2CCCN(C)C2)c2ccsc2n1. The van der Waals surface area contributed by atoms with Gasteiger partial charge in [0.05, 0.1) is 5.39 Å². The number of rotatable bonds is 5. The highest BCUT2D eigenvalue weighted by Crippen LogP contribution is 2.27. The Morgan fingerprint density at radius 2 is 2.29 bits per heavy atom. The highest BCUT2D eigenvalue weighted by atomic mass is 32.1. The molecule has 114 valence electrons. The van der Waals surface area contributed by atoms with Crippen LogP contribution >= 0.6 is 11.3 Å². The summed E-state index contributed by atoms with van der Waals surface area (Å²) in [6, 6.07) is 2.10. The molecule has 0 saturated carbocycles. The molecule has 1 saturated heterocycles. The molecule has 2 N–H and O–H groups in total. The molecular formula is C15H23N5S. The van der Waals surface area contributed by atoms with Crippen LogP contribution in [-0.2, 0) is 0 Å². The van der Waals surface area contributed by atoms with Gasteiger partial charge < -0.3 is 15.5 Å². The third kappa shape index (κ3) is 3.44. The lowest BCUT2D eigenvalue weighted by Gasteiger charge is -2.29. The molecule has 1 atom stereocenters. The van der Waals surface area contributed by atoms with Crippen molar-refractivity contribution < 1.29 is 0 Å². The first-order valence-corrected chi connectivity index (χ1v) is 8.55. The molecule has 2 aromatic rings. The zero-order chi connectivity index (χ0) is 14.7. The van der Waals surface area contributed by atoms with E-state index in [0.717, 1.165) is 35.1 Å². The van der Waals surface area contributed by atoms with Crippen LogP contribution in [0.5, 0.6) is 0 Å². The van der Waals surface area contributed by atoms with Gasteiger partial charge in [-0.1, -0.05) is 0 Å². The molecule has 5 nitrogen and oxygen atoms in total. The average Bonchev–Trinajstić information content (AvgIpc) is 2.93. The van der Waals surface area contributed by atoms with E-state index in [0.29, 0.717) is 5.92 Å². The van der Waals surface area contributed by atoms with E-state index in [1.807, 2.05) is 0 Å². The van der Waals surface area contributed by atoms with E-state index in [2.05, 4.69) is 50.9 Å². The largest absolute Gasteiger partial charge is 0.369 e. The lowest BCUT2D eigenvalue weighted by Crippen LogP contribution is -2.35. The van der Waals surface area contributed by atoms with Crippen LogP contribution in [-0.4, -0.2) is 48.1 Å². The number of hydrogen-bond donors (Lipinski definition) is 2. The number of nitrogens with zero attached hydrogens (tertiary/aromatic N) is 3. The highest BCUT2D eigenvalue weighted by Gasteiger charge is 2.17. The Balaban J connectivity index is 1.74. The van der Waals surface area contributed by atoms with Crippen molar-refractivity contribution >= 4 is 33.3 Å². The van der Waals surface area contributed by atoms with E-state index in [-0.39, 0.29) is 0 Å². The molecule has 0 bridgehead atoms. The van der Waals surface area contributed by atoms with E-state index in [1.165, 1.54) is 25.9 Å². The maximum absolute atomic E-state index is 4.63.